The van der Waals surface area contributed by atoms with Crippen molar-refractivity contribution < 1.29 is 27.1 Å². The molecule has 6 nitrogen and oxygen atoms in total. The quantitative estimate of drug-likeness (QED) is 0.714. The lowest BCUT2D eigenvalue weighted by molar-refractivity contribution is -0.137. The topological polar surface area (TPSA) is 68.5 Å². The van der Waals surface area contributed by atoms with Crippen LogP contribution in [0.5, 0.6) is 0 Å². The van der Waals surface area contributed by atoms with Crippen molar-refractivity contribution in [1.29, 1.82) is 0 Å². The molecule has 0 spiro atoms. The number of aromatic nitrogens is 2. The average Bonchev–Trinajstić information content (AvgIpc) is 3.04. The smallest absolute Gasteiger partial charge is 0.416 e. The molecule has 2 aromatic rings. The van der Waals surface area contributed by atoms with E-state index in [0.717, 1.165) is 12.1 Å². The maximum Gasteiger partial charge on any atom is 0.416 e. The molecule has 0 saturated carbocycles. The molecule has 0 radical (unpaired) electrons. The summed E-state index contributed by atoms with van der Waals surface area (Å²) < 4.78 is 48.5. The number of benzene rings is 1. The minimum absolute atomic E-state index is 0.0836. The highest BCUT2D eigenvalue weighted by Crippen LogP contribution is 2.29. The number of hydrogen-bond acceptors (Lipinski definition) is 5. The molecule has 26 heavy (non-hydrogen) atoms. The van der Waals surface area contributed by atoms with Gasteiger partial charge in [0.15, 0.2) is 0 Å². The van der Waals surface area contributed by atoms with Crippen LogP contribution in [-0.2, 0) is 28.5 Å². The Morgan fingerprint density at radius 2 is 2.00 bits per heavy atom. The number of methoxy groups -OCH3 is 1. The number of carbonyl (C=O) groups excluding carboxylic acids is 1. The number of carbonyl (C=O) groups is 1. The van der Waals surface area contributed by atoms with Crippen molar-refractivity contribution in [1.82, 2.24) is 15.1 Å². The largest absolute Gasteiger partial charge is 0.425 e. The molecule has 0 aliphatic heterocycles. The van der Waals surface area contributed by atoms with E-state index in [1.165, 1.54) is 6.07 Å². The van der Waals surface area contributed by atoms with Crippen LogP contribution >= 0.6 is 0 Å². The number of alkyl halides is 3. The molecule has 0 saturated heterocycles. The summed E-state index contributed by atoms with van der Waals surface area (Å²) in [6, 6.07) is 4.96. The molecule has 0 aliphatic carbocycles. The van der Waals surface area contributed by atoms with Crippen LogP contribution in [0.25, 0.3) is 0 Å². The summed E-state index contributed by atoms with van der Waals surface area (Å²) in [6.07, 6.45) is -3.83. The standard InChI is InChI=1S/C17H20F3N3O3/c1-23(8-9-25-2)16(24)7-6-14-21-22-15(26-14)11-12-4-3-5-13(10-12)17(18,19)20/h3-5,10H,6-9,11H2,1-2H3. The molecule has 1 heterocycles. The van der Waals surface area contributed by atoms with E-state index < -0.39 is 11.7 Å². The summed E-state index contributed by atoms with van der Waals surface area (Å²) in [7, 11) is 3.23. The first-order valence-corrected chi connectivity index (χ1v) is 8.00. The van der Waals surface area contributed by atoms with Gasteiger partial charge in [-0.1, -0.05) is 18.2 Å². The van der Waals surface area contributed by atoms with Gasteiger partial charge in [-0.3, -0.25) is 4.79 Å². The van der Waals surface area contributed by atoms with Gasteiger partial charge in [-0.25, -0.2) is 0 Å². The summed E-state index contributed by atoms with van der Waals surface area (Å²) in [6.45, 7) is 0.934. The number of amides is 1. The van der Waals surface area contributed by atoms with Crippen LogP contribution in [0.15, 0.2) is 28.7 Å². The highest BCUT2D eigenvalue weighted by molar-refractivity contribution is 5.75. The lowest BCUT2D eigenvalue weighted by atomic mass is 10.1. The highest BCUT2D eigenvalue weighted by atomic mass is 19.4. The predicted molar refractivity (Wildman–Crippen MR) is 86.4 cm³/mol. The fourth-order valence-electron chi connectivity index (χ4n) is 2.25. The second kappa shape index (κ2) is 8.79. The molecule has 0 fully saturated rings. The molecular weight excluding hydrogens is 351 g/mol. The molecule has 1 aromatic carbocycles. The van der Waals surface area contributed by atoms with Gasteiger partial charge >= 0.3 is 6.18 Å². The van der Waals surface area contributed by atoms with Gasteiger partial charge in [0.25, 0.3) is 0 Å². The zero-order valence-electron chi connectivity index (χ0n) is 14.5. The van der Waals surface area contributed by atoms with E-state index in [9.17, 15) is 18.0 Å². The van der Waals surface area contributed by atoms with Gasteiger partial charge in [-0.05, 0) is 11.6 Å². The minimum atomic E-state index is -4.40. The fourth-order valence-corrected chi connectivity index (χ4v) is 2.25. The zero-order chi connectivity index (χ0) is 19.2. The Bertz CT molecular complexity index is 731. The number of rotatable bonds is 8. The van der Waals surface area contributed by atoms with E-state index in [2.05, 4.69) is 10.2 Å². The number of hydrogen-bond donors (Lipinski definition) is 0. The van der Waals surface area contributed by atoms with E-state index in [1.54, 1.807) is 25.1 Å². The van der Waals surface area contributed by atoms with E-state index in [4.69, 9.17) is 9.15 Å². The van der Waals surface area contributed by atoms with Gasteiger partial charge in [0.1, 0.15) is 0 Å². The maximum absolute atomic E-state index is 12.7. The third-order valence-electron chi connectivity index (χ3n) is 3.73. The van der Waals surface area contributed by atoms with Crippen molar-refractivity contribution in [3.63, 3.8) is 0 Å². The molecule has 9 heteroatoms. The Morgan fingerprint density at radius 3 is 2.69 bits per heavy atom. The second-order valence-electron chi connectivity index (χ2n) is 5.77. The first-order chi connectivity index (χ1) is 12.3. The molecule has 0 N–H and O–H groups in total. The molecule has 1 amide bonds. The zero-order valence-corrected chi connectivity index (χ0v) is 14.5. The second-order valence-corrected chi connectivity index (χ2v) is 5.77. The molecule has 1 aromatic heterocycles. The highest BCUT2D eigenvalue weighted by Gasteiger charge is 2.30. The molecule has 142 valence electrons. The number of nitrogens with zero attached hydrogens (tertiary/aromatic N) is 3. The Hall–Kier alpha value is -2.42. The normalized spacial score (nSPS) is 11.6. The first-order valence-electron chi connectivity index (χ1n) is 8.00. The van der Waals surface area contributed by atoms with Crippen molar-refractivity contribution in [2.45, 2.75) is 25.4 Å². The minimum Gasteiger partial charge on any atom is -0.425 e. The first kappa shape index (κ1) is 19.9. The van der Waals surface area contributed by atoms with Crippen LogP contribution in [0, 0.1) is 0 Å². The van der Waals surface area contributed by atoms with Crippen LogP contribution in [0.2, 0.25) is 0 Å². The summed E-state index contributed by atoms with van der Waals surface area (Å²) in [5, 5.41) is 7.68. The SMILES string of the molecule is COCCN(C)C(=O)CCc1nnc(Cc2cccc(C(F)(F)F)c2)o1. The van der Waals surface area contributed by atoms with E-state index in [1.807, 2.05) is 0 Å². The van der Waals surface area contributed by atoms with Gasteiger partial charge in [0.2, 0.25) is 17.7 Å². The van der Waals surface area contributed by atoms with Gasteiger partial charge < -0.3 is 14.1 Å². The van der Waals surface area contributed by atoms with E-state index >= 15 is 0 Å². The molecule has 0 atom stereocenters. The van der Waals surface area contributed by atoms with Gasteiger partial charge in [-0.2, -0.15) is 13.2 Å². The van der Waals surface area contributed by atoms with Crippen LogP contribution in [-0.4, -0.2) is 48.3 Å². The van der Waals surface area contributed by atoms with Crippen LogP contribution in [0.3, 0.4) is 0 Å². The Kier molecular flexibility index (Phi) is 6.73. The number of likely N-dealkylation sites (N-methyl/N-ethyl adjacent to an activating group) is 1. The van der Waals surface area contributed by atoms with Gasteiger partial charge in [0.05, 0.1) is 18.6 Å². The van der Waals surface area contributed by atoms with E-state index in [-0.39, 0.29) is 37.0 Å². The van der Waals surface area contributed by atoms with Crippen molar-refractivity contribution in [3.05, 3.63) is 47.2 Å². The van der Waals surface area contributed by atoms with Gasteiger partial charge in [0, 0.05) is 33.5 Å². The lowest BCUT2D eigenvalue weighted by Gasteiger charge is -2.15. The fraction of sp³-hybridized carbons (Fsp3) is 0.471. The summed E-state index contributed by atoms with van der Waals surface area (Å²) in [4.78, 5) is 13.5. The number of aryl methyl sites for hydroxylation is 1. The van der Waals surface area contributed by atoms with Crippen LogP contribution < -0.4 is 0 Å². The number of ether oxygens (including phenoxy) is 1. The monoisotopic (exact) mass is 371 g/mol. The van der Waals surface area contributed by atoms with Crippen molar-refractivity contribution in [2.24, 2.45) is 0 Å². The Morgan fingerprint density at radius 1 is 1.27 bits per heavy atom. The third kappa shape index (κ3) is 5.83. The summed E-state index contributed by atoms with van der Waals surface area (Å²) >= 11 is 0. The molecule has 2 rings (SSSR count). The maximum atomic E-state index is 12.7. The predicted octanol–water partition coefficient (Wildman–Crippen LogP) is 2.72. The average molecular weight is 371 g/mol. The molecule has 0 aliphatic rings. The number of halogens is 3. The van der Waals surface area contributed by atoms with Crippen LogP contribution in [0.4, 0.5) is 13.2 Å². The summed E-state index contributed by atoms with van der Waals surface area (Å²) in [5.74, 6) is 0.402. The van der Waals surface area contributed by atoms with E-state index in [0.29, 0.717) is 18.7 Å². The Labute approximate surface area is 149 Å². The Balaban J connectivity index is 1.91. The summed E-state index contributed by atoms with van der Waals surface area (Å²) in [5.41, 5.74) is -0.301. The van der Waals surface area contributed by atoms with Crippen molar-refractivity contribution >= 4 is 5.91 Å². The lowest BCUT2D eigenvalue weighted by Crippen LogP contribution is -2.30. The van der Waals surface area contributed by atoms with Gasteiger partial charge in [-0.15, -0.1) is 10.2 Å². The third-order valence-corrected chi connectivity index (χ3v) is 3.73. The molecular formula is C17H20F3N3O3. The molecule has 0 unspecified atom stereocenters. The van der Waals surface area contributed by atoms with Crippen molar-refractivity contribution in [3.8, 4) is 0 Å². The molecule has 0 bridgehead atoms. The van der Waals surface area contributed by atoms with Crippen LogP contribution in [0.1, 0.15) is 29.3 Å². The van der Waals surface area contributed by atoms with Crippen molar-refractivity contribution in [2.75, 3.05) is 27.3 Å².